The Labute approximate surface area is 98.3 Å². The first-order valence-electron chi connectivity index (χ1n) is 5.51. The third-order valence-corrected chi connectivity index (χ3v) is 3.70. The van der Waals surface area contributed by atoms with E-state index in [9.17, 15) is 0 Å². The topological polar surface area (TPSA) is 42.7 Å². The van der Waals surface area contributed by atoms with Crippen LogP contribution in [0.4, 0.5) is 0 Å². The van der Waals surface area contributed by atoms with Gasteiger partial charge in [0.25, 0.3) is 0 Å². The van der Waals surface area contributed by atoms with Crippen LogP contribution in [0.2, 0.25) is 0 Å². The summed E-state index contributed by atoms with van der Waals surface area (Å²) in [5.74, 6) is 2.15. The molecule has 0 amide bonds. The summed E-state index contributed by atoms with van der Waals surface area (Å²) in [4.78, 5) is 0. The van der Waals surface area contributed by atoms with Crippen LogP contribution in [0.5, 0.6) is 0 Å². The molecule has 0 radical (unpaired) electrons. The first-order chi connectivity index (χ1) is 7.84. The predicted molar refractivity (Wildman–Crippen MR) is 63.6 cm³/mol. The van der Waals surface area contributed by atoms with Crippen molar-refractivity contribution in [3.05, 3.63) is 34.0 Å². The molecule has 16 heavy (non-hydrogen) atoms. The standard InChI is InChI=1S/C11H14N4S/c1-8-11-14-13-10(15(11)4-3-12-8)6-9-2-5-16-7-9/h2,5,7-8,12H,3-4,6H2,1H3. The number of nitrogens with zero attached hydrogens (tertiary/aromatic N) is 3. The second kappa shape index (κ2) is 3.99. The van der Waals surface area contributed by atoms with Crippen molar-refractivity contribution in [3.8, 4) is 0 Å². The van der Waals surface area contributed by atoms with Crippen LogP contribution in [0.1, 0.15) is 30.2 Å². The fourth-order valence-electron chi connectivity index (χ4n) is 2.10. The minimum Gasteiger partial charge on any atom is -0.312 e. The fraction of sp³-hybridized carbons (Fsp3) is 0.455. The van der Waals surface area contributed by atoms with Crippen molar-refractivity contribution in [2.24, 2.45) is 0 Å². The molecule has 0 bridgehead atoms. The Morgan fingerprint density at radius 3 is 3.31 bits per heavy atom. The van der Waals surface area contributed by atoms with Gasteiger partial charge >= 0.3 is 0 Å². The van der Waals surface area contributed by atoms with Gasteiger partial charge in [0.2, 0.25) is 0 Å². The third kappa shape index (κ3) is 1.66. The van der Waals surface area contributed by atoms with Gasteiger partial charge in [-0.3, -0.25) is 0 Å². The van der Waals surface area contributed by atoms with Gasteiger partial charge < -0.3 is 9.88 Å². The highest BCUT2D eigenvalue weighted by Crippen LogP contribution is 2.18. The molecule has 84 valence electrons. The highest BCUT2D eigenvalue weighted by molar-refractivity contribution is 7.07. The molecule has 5 heteroatoms. The van der Waals surface area contributed by atoms with E-state index in [0.29, 0.717) is 6.04 Å². The molecule has 1 aliphatic rings. The van der Waals surface area contributed by atoms with E-state index >= 15 is 0 Å². The summed E-state index contributed by atoms with van der Waals surface area (Å²) in [6.45, 7) is 4.11. The molecule has 0 saturated heterocycles. The number of hydrogen-bond donors (Lipinski definition) is 1. The highest BCUT2D eigenvalue weighted by atomic mass is 32.1. The van der Waals surface area contributed by atoms with Crippen molar-refractivity contribution >= 4 is 11.3 Å². The average molecular weight is 234 g/mol. The van der Waals surface area contributed by atoms with Crippen LogP contribution in [0, 0.1) is 0 Å². The van der Waals surface area contributed by atoms with Gasteiger partial charge in [0.1, 0.15) is 11.6 Å². The van der Waals surface area contributed by atoms with Gasteiger partial charge in [-0.2, -0.15) is 11.3 Å². The summed E-state index contributed by atoms with van der Waals surface area (Å²) in [5.41, 5.74) is 1.33. The van der Waals surface area contributed by atoms with Gasteiger partial charge in [-0.05, 0) is 29.3 Å². The Balaban J connectivity index is 1.91. The molecule has 0 spiro atoms. The van der Waals surface area contributed by atoms with Crippen LogP contribution in [-0.2, 0) is 13.0 Å². The lowest BCUT2D eigenvalue weighted by Gasteiger charge is -2.21. The van der Waals surface area contributed by atoms with Crippen LogP contribution in [0.25, 0.3) is 0 Å². The molecule has 1 N–H and O–H groups in total. The first-order valence-corrected chi connectivity index (χ1v) is 6.45. The van der Waals surface area contributed by atoms with Crippen LogP contribution in [-0.4, -0.2) is 21.3 Å². The SMILES string of the molecule is CC1NCCn2c(Cc3ccsc3)nnc21. The molecule has 0 saturated carbocycles. The van der Waals surface area contributed by atoms with Crippen molar-refractivity contribution < 1.29 is 0 Å². The number of fused-ring (bicyclic) bond motifs is 1. The molecule has 2 aromatic heterocycles. The zero-order valence-corrected chi connectivity index (χ0v) is 10.00. The van der Waals surface area contributed by atoms with Gasteiger partial charge in [0.05, 0.1) is 6.04 Å². The van der Waals surface area contributed by atoms with Gasteiger partial charge in [0, 0.05) is 19.5 Å². The predicted octanol–water partition coefficient (Wildman–Crippen LogP) is 1.59. The van der Waals surface area contributed by atoms with Crippen molar-refractivity contribution in [1.82, 2.24) is 20.1 Å². The van der Waals surface area contributed by atoms with Crippen LogP contribution in [0.15, 0.2) is 16.8 Å². The minimum atomic E-state index is 0.317. The molecule has 3 heterocycles. The van der Waals surface area contributed by atoms with Crippen LogP contribution >= 0.6 is 11.3 Å². The highest BCUT2D eigenvalue weighted by Gasteiger charge is 2.21. The monoisotopic (exact) mass is 234 g/mol. The van der Waals surface area contributed by atoms with E-state index in [1.165, 1.54) is 5.56 Å². The van der Waals surface area contributed by atoms with Crippen molar-refractivity contribution in [1.29, 1.82) is 0 Å². The van der Waals surface area contributed by atoms with Crippen molar-refractivity contribution in [3.63, 3.8) is 0 Å². The maximum Gasteiger partial charge on any atom is 0.149 e. The van der Waals surface area contributed by atoms with Crippen LogP contribution < -0.4 is 5.32 Å². The Bertz CT molecular complexity index is 474. The molecule has 4 nitrogen and oxygen atoms in total. The summed E-state index contributed by atoms with van der Waals surface area (Å²) >= 11 is 1.73. The van der Waals surface area contributed by atoms with Gasteiger partial charge in [0.15, 0.2) is 0 Å². The lowest BCUT2D eigenvalue weighted by Crippen LogP contribution is -2.32. The maximum absolute atomic E-state index is 4.30. The second-order valence-corrected chi connectivity index (χ2v) is 4.89. The van der Waals surface area contributed by atoms with E-state index in [4.69, 9.17) is 0 Å². The zero-order chi connectivity index (χ0) is 11.0. The van der Waals surface area contributed by atoms with E-state index in [1.807, 2.05) is 0 Å². The molecular formula is C11H14N4S. The van der Waals surface area contributed by atoms with E-state index in [1.54, 1.807) is 11.3 Å². The molecule has 0 aliphatic carbocycles. The second-order valence-electron chi connectivity index (χ2n) is 4.11. The molecule has 3 rings (SSSR count). The zero-order valence-electron chi connectivity index (χ0n) is 9.18. The van der Waals surface area contributed by atoms with Gasteiger partial charge in [-0.1, -0.05) is 0 Å². The summed E-state index contributed by atoms with van der Waals surface area (Å²) in [6, 6.07) is 2.47. The lowest BCUT2D eigenvalue weighted by atomic mass is 10.2. The van der Waals surface area contributed by atoms with E-state index < -0.39 is 0 Å². The molecule has 1 unspecified atom stereocenters. The van der Waals surface area contributed by atoms with Gasteiger partial charge in [-0.15, -0.1) is 10.2 Å². The molecular weight excluding hydrogens is 220 g/mol. The average Bonchev–Trinajstić information content (AvgIpc) is 2.90. The normalized spacial score (nSPS) is 19.7. The number of thiophene rings is 1. The number of hydrogen-bond acceptors (Lipinski definition) is 4. The summed E-state index contributed by atoms with van der Waals surface area (Å²) in [7, 11) is 0. The smallest absolute Gasteiger partial charge is 0.149 e. The molecule has 0 aromatic carbocycles. The molecule has 0 fully saturated rings. The van der Waals surface area contributed by atoms with Gasteiger partial charge in [-0.25, -0.2) is 0 Å². The summed E-state index contributed by atoms with van der Waals surface area (Å²) < 4.78 is 2.25. The molecule has 2 aromatic rings. The maximum atomic E-state index is 4.30. The Morgan fingerprint density at radius 2 is 2.50 bits per heavy atom. The number of nitrogens with one attached hydrogen (secondary N) is 1. The fourth-order valence-corrected chi connectivity index (χ4v) is 2.77. The Hall–Kier alpha value is -1.20. The summed E-state index contributed by atoms with van der Waals surface area (Å²) in [5, 5.41) is 16.2. The lowest BCUT2D eigenvalue weighted by molar-refractivity contribution is 0.431. The molecule has 1 atom stereocenters. The van der Waals surface area contributed by atoms with E-state index in [2.05, 4.69) is 43.8 Å². The molecule has 1 aliphatic heterocycles. The Morgan fingerprint density at radius 1 is 1.56 bits per heavy atom. The largest absolute Gasteiger partial charge is 0.312 e. The van der Waals surface area contributed by atoms with E-state index in [-0.39, 0.29) is 0 Å². The first kappa shape index (κ1) is 9.99. The van der Waals surface area contributed by atoms with Crippen molar-refractivity contribution in [2.45, 2.75) is 25.9 Å². The quantitative estimate of drug-likeness (QED) is 0.858. The van der Waals surface area contributed by atoms with Crippen molar-refractivity contribution in [2.75, 3.05) is 6.54 Å². The number of aromatic nitrogens is 3. The number of rotatable bonds is 2. The minimum absolute atomic E-state index is 0.317. The van der Waals surface area contributed by atoms with E-state index in [0.717, 1.165) is 31.2 Å². The van der Waals surface area contributed by atoms with Crippen LogP contribution in [0.3, 0.4) is 0 Å². The Kier molecular flexibility index (Phi) is 2.49. The third-order valence-electron chi connectivity index (χ3n) is 2.97. The summed E-state index contributed by atoms with van der Waals surface area (Å²) in [6.07, 6.45) is 0.892.